The Morgan fingerprint density at radius 1 is 1.05 bits per heavy atom. The monoisotopic (exact) mass is 295 g/mol. The maximum atomic E-state index is 12.3. The van der Waals surface area contributed by atoms with Crippen LogP contribution in [0.1, 0.15) is 45.4 Å². The predicted molar refractivity (Wildman–Crippen MR) is 82.1 cm³/mol. The number of nitrogens with one attached hydrogen (secondary N) is 1. The highest BCUT2D eigenvalue weighted by molar-refractivity contribution is 5.74. The first kappa shape index (κ1) is 15.1. The zero-order valence-electron chi connectivity index (χ0n) is 13.1. The van der Waals surface area contributed by atoms with Gasteiger partial charge in [0.2, 0.25) is 0 Å². The predicted octanol–water partition coefficient (Wildman–Crippen LogP) is 1.42. The van der Waals surface area contributed by atoms with Gasteiger partial charge in [-0.2, -0.15) is 0 Å². The van der Waals surface area contributed by atoms with E-state index in [9.17, 15) is 9.90 Å². The van der Waals surface area contributed by atoms with Gasteiger partial charge in [-0.1, -0.05) is 0 Å². The van der Waals surface area contributed by atoms with Gasteiger partial charge in [0.25, 0.3) is 0 Å². The van der Waals surface area contributed by atoms with Gasteiger partial charge in [0, 0.05) is 38.3 Å². The van der Waals surface area contributed by atoms with Crippen LogP contribution in [0.25, 0.3) is 0 Å². The molecule has 3 fully saturated rings. The van der Waals surface area contributed by atoms with Gasteiger partial charge < -0.3 is 20.2 Å². The zero-order valence-corrected chi connectivity index (χ0v) is 13.1. The molecule has 1 unspecified atom stereocenters. The van der Waals surface area contributed by atoms with Crippen LogP contribution in [0.5, 0.6) is 0 Å². The normalized spacial score (nSPS) is 27.6. The summed E-state index contributed by atoms with van der Waals surface area (Å²) in [4.78, 5) is 16.8. The summed E-state index contributed by atoms with van der Waals surface area (Å²) in [5.41, 5.74) is 0. The Hall–Kier alpha value is -0.810. The second-order valence-electron chi connectivity index (χ2n) is 7.06. The molecule has 0 aromatic heterocycles. The molecule has 21 heavy (non-hydrogen) atoms. The quantitative estimate of drug-likeness (QED) is 0.828. The summed E-state index contributed by atoms with van der Waals surface area (Å²) < 4.78 is 0. The topological polar surface area (TPSA) is 55.8 Å². The van der Waals surface area contributed by atoms with Crippen LogP contribution in [0.2, 0.25) is 0 Å². The molecule has 0 aromatic rings. The molecule has 5 heteroatoms. The number of carbonyl (C=O) groups excluding carboxylic acids is 1. The van der Waals surface area contributed by atoms with E-state index in [1.807, 2.05) is 11.8 Å². The van der Waals surface area contributed by atoms with Crippen LogP contribution in [0.3, 0.4) is 0 Å². The fourth-order valence-corrected chi connectivity index (χ4v) is 3.70. The van der Waals surface area contributed by atoms with E-state index in [4.69, 9.17) is 0 Å². The first-order chi connectivity index (χ1) is 10.1. The van der Waals surface area contributed by atoms with Gasteiger partial charge in [0.05, 0.1) is 6.10 Å². The van der Waals surface area contributed by atoms with Crippen molar-refractivity contribution in [2.45, 2.75) is 63.6 Å². The van der Waals surface area contributed by atoms with Gasteiger partial charge in [-0.25, -0.2) is 4.79 Å². The Morgan fingerprint density at radius 3 is 2.19 bits per heavy atom. The minimum Gasteiger partial charge on any atom is -0.393 e. The van der Waals surface area contributed by atoms with Crippen molar-refractivity contribution in [1.82, 2.24) is 15.1 Å². The number of hydrogen-bond donors (Lipinski definition) is 2. The van der Waals surface area contributed by atoms with Gasteiger partial charge in [-0.15, -0.1) is 0 Å². The third-order valence-corrected chi connectivity index (χ3v) is 5.43. The average molecular weight is 295 g/mol. The number of aliphatic hydroxyl groups excluding tert-OH is 1. The number of carbonyl (C=O) groups is 1. The van der Waals surface area contributed by atoms with Crippen LogP contribution in [-0.2, 0) is 0 Å². The van der Waals surface area contributed by atoms with Crippen LogP contribution in [-0.4, -0.2) is 65.3 Å². The minimum absolute atomic E-state index is 0.101. The van der Waals surface area contributed by atoms with E-state index >= 15 is 0 Å². The number of nitrogens with zero attached hydrogens (tertiary/aromatic N) is 2. The van der Waals surface area contributed by atoms with Crippen LogP contribution >= 0.6 is 0 Å². The van der Waals surface area contributed by atoms with Crippen LogP contribution in [0.4, 0.5) is 4.79 Å². The molecular weight excluding hydrogens is 266 g/mol. The van der Waals surface area contributed by atoms with Crippen LogP contribution < -0.4 is 5.32 Å². The van der Waals surface area contributed by atoms with E-state index in [1.54, 1.807) is 0 Å². The first-order valence-electron chi connectivity index (χ1n) is 8.61. The molecular formula is C16H29N3O2. The summed E-state index contributed by atoms with van der Waals surface area (Å²) in [7, 11) is 0. The second kappa shape index (κ2) is 6.53. The van der Waals surface area contributed by atoms with E-state index in [1.165, 1.54) is 12.8 Å². The zero-order chi connectivity index (χ0) is 14.8. The minimum atomic E-state index is -0.248. The molecule has 2 aliphatic heterocycles. The largest absolute Gasteiger partial charge is 0.393 e. The molecule has 1 aliphatic carbocycles. The maximum absolute atomic E-state index is 12.3. The molecule has 0 radical (unpaired) electrons. The number of likely N-dealkylation sites (tertiary alicyclic amines) is 2. The maximum Gasteiger partial charge on any atom is 0.317 e. The first-order valence-corrected chi connectivity index (χ1v) is 8.61. The summed E-state index contributed by atoms with van der Waals surface area (Å²) in [6, 6.07) is 1.30. The number of amides is 2. The van der Waals surface area contributed by atoms with Crippen molar-refractivity contribution in [2.75, 3.05) is 26.2 Å². The SMILES string of the molecule is CC(O)C1CCN(C(=O)NC2CCN(C3CC3)CC2)CC1. The Morgan fingerprint density at radius 2 is 1.67 bits per heavy atom. The van der Waals surface area contributed by atoms with Crippen molar-refractivity contribution in [3.05, 3.63) is 0 Å². The molecule has 0 spiro atoms. The highest BCUT2D eigenvalue weighted by atomic mass is 16.3. The van der Waals surface area contributed by atoms with Crippen molar-refractivity contribution in [1.29, 1.82) is 0 Å². The molecule has 5 nitrogen and oxygen atoms in total. The molecule has 2 heterocycles. The Kier molecular flexibility index (Phi) is 4.69. The summed E-state index contributed by atoms with van der Waals surface area (Å²) in [6.07, 6.45) is 6.52. The highest BCUT2D eigenvalue weighted by Gasteiger charge is 2.33. The van der Waals surface area contributed by atoms with E-state index < -0.39 is 0 Å². The number of urea groups is 1. The lowest BCUT2D eigenvalue weighted by Crippen LogP contribution is -2.51. The summed E-state index contributed by atoms with van der Waals surface area (Å²) in [5.74, 6) is 0.357. The molecule has 0 aromatic carbocycles. The molecule has 120 valence electrons. The molecule has 3 aliphatic rings. The lowest BCUT2D eigenvalue weighted by atomic mass is 9.92. The number of hydrogen-bond acceptors (Lipinski definition) is 3. The molecule has 2 saturated heterocycles. The second-order valence-corrected chi connectivity index (χ2v) is 7.06. The van der Waals surface area contributed by atoms with Gasteiger partial charge in [-0.3, -0.25) is 0 Å². The summed E-state index contributed by atoms with van der Waals surface area (Å²) in [5, 5.41) is 12.8. The fourth-order valence-electron chi connectivity index (χ4n) is 3.70. The van der Waals surface area contributed by atoms with Crippen LogP contribution in [0.15, 0.2) is 0 Å². The van der Waals surface area contributed by atoms with Crippen molar-refractivity contribution in [2.24, 2.45) is 5.92 Å². The Labute approximate surface area is 127 Å². The number of piperidine rings is 2. The Bertz CT molecular complexity index is 355. The van der Waals surface area contributed by atoms with Crippen molar-refractivity contribution < 1.29 is 9.90 Å². The lowest BCUT2D eigenvalue weighted by Gasteiger charge is -2.36. The smallest absolute Gasteiger partial charge is 0.317 e. The molecule has 3 rings (SSSR count). The summed E-state index contributed by atoms with van der Waals surface area (Å²) in [6.45, 7) is 5.69. The standard InChI is InChI=1S/C16H29N3O2/c1-12(20)13-4-8-19(9-5-13)16(21)17-14-6-10-18(11-7-14)15-2-3-15/h12-15,20H,2-11H2,1H3,(H,17,21). The van der Waals surface area contributed by atoms with Gasteiger partial charge in [0.15, 0.2) is 0 Å². The van der Waals surface area contributed by atoms with E-state index in [0.29, 0.717) is 12.0 Å². The van der Waals surface area contributed by atoms with Gasteiger partial charge in [0.1, 0.15) is 0 Å². The van der Waals surface area contributed by atoms with Gasteiger partial charge >= 0.3 is 6.03 Å². The summed E-state index contributed by atoms with van der Waals surface area (Å²) >= 11 is 0. The van der Waals surface area contributed by atoms with Crippen molar-refractivity contribution >= 4 is 6.03 Å². The molecule has 2 amide bonds. The molecule has 2 N–H and O–H groups in total. The molecule has 0 bridgehead atoms. The number of aliphatic hydroxyl groups is 1. The fraction of sp³-hybridized carbons (Fsp3) is 0.938. The lowest BCUT2D eigenvalue weighted by molar-refractivity contribution is 0.0784. The van der Waals surface area contributed by atoms with E-state index in [2.05, 4.69) is 10.2 Å². The molecule has 1 atom stereocenters. The van der Waals surface area contributed by atoms with Crippen LogP contribution in [0, 0.1) is 5.92 Å². The van der Waals surface area contributed by atoms with Gasteiger partial charge in [-0.05, 0) is 51.4 Å². The Balaban J connectivity index is 1.38. The third-order valence-electron chi connectivity index (χ3n) is 5.43. The number of rotatable bonds is 3. The average Bonchev–Trinajstić information content (AvgIpc) is 3.33. The highest BCUT2D eigenvalue weighted by Crippen LogP contribution is 2.29. The van der Waals surface area contributed by atoms with E-state index in [0.717, 1.165) is 57.9 Å². The van der Waals surface area contributed by atoms with E-state index in [-0.39, 0.29) is 12.1 Å². The molecule has 1 saturated carbocycles. The van der Waals surface area contributed by atoms with Crippen molar-refractivity contribution in [3.63, 3.8) is 0 Å². The third kappa shape index (κ3) is 3.89. The van der Waals surface area contributed by atoms with Crippen molar-refractivity contribution in [3.8, 4) is 0 Å².